The van der Waals surface area contributed by atoms with E-state index in [0.717, 1.165) is 38.3 Å². The van der Waals surface area contributed by atoms with Gasteiger partial charge in [0.2, 0.25) is 0 Å². The Morgan fingerprint density at radius 3 is 2.43 bits per heavy atom. The second-order valence-electron chi connectivity index (χ2n) is 7.55. The summed E-state index contributed by atoms with van der Waals surface area (Å²) in [5.41, 5.74) is 1.85. The van der Waals surface area contributed by atoms with Crippen molar-refractivity contribution in [1.82, 2.24) is 4.90 Å². The standard InChI is InChI=1S/C23H31FN2O2/c1-3-18(2)20-8-4-7-11-23(20)28-17-19(27)16-25-12-14-26(15-13-25)22-10-6-5-9-21(22)24/h4-11,18-19,27H,3,12-17H2,1-2H3/t18-,19-/m0/s1. The maximum atomic E-state index is 13.9. The molecule has 0 aromatic heterocycles. The molecule has 1 fully saturated rings. The van der Waals surface area contributed by atoms with Gasteiger partial charge in [0.1, 0.15) is 24.3 Å². The zero-order valence-electron chi connectivity index (χ0n) is 16.9. The van der Waals surface area contributed by atoms with Crippen molar-refractivity contribution in [3.05, 3.63) is 59.9 Å². The third kappa shape index (κ3) is 5.24. The second-order valence-corrected chi connectivity index (χ2v) is 7.55. The van der Waals surface area contributed by atoms with Crippen molar-refractivity contribution in [3.8, 4) is 5.75 Å². The number of rotatable bonds is 8. The topological polar surface area (TPSA) is 35.9 Å². The van der Waals surface area contributed by atoms with Crippen LogP contribution in [0.25, 0.3) is 0 Å². The van der Waals surface area contributed by atoms with Crippen LogP contribution in [0.15, 0.2) is 48.5 Å². The molecule has 0 saturated carbocycles. The number of piperazine rings is 1. The molecule has 0 radical (unpaired) electrons. The lowest BCUT2D eigenvalue weighted by atomic mass is 9.98. The first kappa shape index (κ1) is 20.6. The van der Waals surface area contributed by atoms with E-state index in [-0.39, 0.29) is 12.4 Å². The highest BCUT2D eigenvalue weighted by atomic mass is 19.1. The summed E-state index contributed by atoms with van der Waals surface area (Å²) in [6.07, 6.45) is 0.500. The molecular weight excluding hydrogens is 355 g/mol. The Labute approximate surface area is 167 Å². The number of benzene rings is 2. The zero-order valence-corrected chi connectivity index (χ0v) is 16.9. The molecule has 0 bridgehead atoms. The maximum Gasteiger partial charge on any atom is 0.146 e. The number of ether oxygens (including phenoxy) is 1. The molecule has 1 saturated heterocycles. The summed E-state index contributed by atoms with van der Waals surface area (Å²) in [6.45, 7) is 8.31. The Kier molecular flexibility index (Phi) is 7.29. The number of anilines is 1. The van der Waals surface area contributed by atoms with Crippen molar-refractivity contribution < 1.29 is 14.2 Å². The molecule has 0 spiro atoms. The van der Waals surface area contributed by atoms with E-state index in [1.807, 2.05) is 30.3 Å². The minimum atomic E-state index is -0.551. The third-order valence-corrected chi connectivity index (χ3v) is 5.53. The van der Waals surface area contributed by atoms with Crippen LogP contribution < -0.4 is 9.64 Å². The van der Waals surface area contributed by atoms with Gasteiger partial charge in [-0.3, -0.25) is 4.90 Å². The number of hydrogen-bond donors (Lipinski definition) is 1. The first-order chi connectivity index (χ1) is 13.6. The summed E-state index contributed by atoms with van der Waals surface area (Å²) >= 11 is 0. The summed E-state index contributed by atoms with van der Waals surface area (Å²) in [6, 6.07) is 15.0. The van der Waals surface area contributed by atoms with E-state index in [2.05, 4.69) is 29.7 Å². The van der Waals surface area contributed by atoms with Crippen LogP contribution in [-0.4, -0.2) is 55.4 Å². The third-order valence-electron chi connectivity index (χ3n) is 5.53. The molecular formula is C23H31FN2O2. The average molecular weight is 387 g/mol. The monoisotopic (exact) mass is 386 g/mol. The lowest BCUT2D eigenvalue weighted by molar-refractivity contribution is 0.0658. The van der Waals surface area contributed by atoms with E-state index >= 15 is 0 Å². The van der Waals surface area contributed by atoms with Crippen molar-refractivity contribution in [3.63, 3.8) is 0 Å². The van der Waals surface area contributed by atoms with Gasteiger partial charge in [-0.1, -0.05) is 44.2 Å². The van der Waals surface area contributed by atoms with Gasteiger partial charge < -0.3 is 14.7 Å². The van der Waals surface area contributed by atoms with Crippen molar-refractivity contribution in [2.45, 2.75) is 32.3 Å². The van der Waals surface area contributed by atoms with Crippen molar-refractivity contribution in [2.75, 3.05) is 44.2 Å². The molecule has 0 aliphatic carbocycles. The van der Waals surface area contributed by atoms with E-state index < -0.39 is 6.10 Å². The van der Waals surface area contributed by atoms with E-state index in [1.165, 1.54) is 11.6 Å². The number of aliphatic hydroxyl groups is 1. The quantitative estimate of drug-likeness (QED) is 0.746. The molecule has 0 amide bonds. The summed E-state index contributed by atoms with van der Waals surface area (Å²) < 4.78 is 19.9. The lowest BCUT2D eigenvalue weighted by Gasteiger charge is -2.37. The van der Waals surface area contributed by atoms with Crippen LogP contribution in [0.3, 0.4) is 0 Å². The predicted molar refractivity (Wildman–Crippen MR) is 112 cm³/mol. The van der Waals surface area contributed by atoms with E-state index in [0.29, 0.717) is 18.2 Å². The number of halogens is 1. The molecule has 1 aliphatic heterocycles. The average Bonchev–Trinajstić information content (AvgIpc) is 2.73. The number of nitrogens with zero attached hydrogens (tertiary/aromatic N) is 2. The summed E-state index contributed by atoms with van der Waals surface area (Å²) in [4.78, 5) is 4.28. The predicted octanol–water partition coefficient (Wildman–Crippen LogP) is 3.90. The van der Waals surface area contributed by atoms with Gasteiger partial charge >= 0.3 is 0 Å². The molecule has 2 aromatic rings. The largest absolute Gasteiger partial charge is 0.491 e. The van der Waals surface area contributed by atoms with Gasteiger partial charge in [-0.05, 0) is 36.1 Å². The highest BCUT2D eigenvalue weighted by Gasteiger charge is 2.21. The van der Waals surface area contributed by atoms with Gasteiger partial charge in [0.25, 0.3) is 0 Å². The molecule has 28 heavy (non-hydrogen) atoms. The highest BCUT2D eigenvalue weighted by Crippen LogP contribution is 2.28. The van der Waals surface area contributed by atoms with Gasteiger partial charge in [0.05, 0.1) is 5.69 Å². The van der Waals surface area contributed by atoms with Crippen molar-refractivity contribution >= 4 is 5.69 Å². The van der Waals surface area contributed by atoms with Gasteiger partial charge in [0, 0.05) is 32.7 Å². The Hall–Kier alpha value is -2.11. The smallest absolute Gasteiger partial charge is 0.146 e. The Morgan fingerprint density at radius 1 is 1.04 bits per heavy atom. The Morgan fingerprint density at radius 2 is 1.71 bits per heavy atom. The van der Waals surface area contributed by atoms with Crippen molar-refractivity contribution in [2.24, 2.45) is 0 Å². The molecule has 2 aromatic carbocycles. The molecule has 0 unspecified atom stereocenters. The lowest BCUT2D eigenvalue weighted by Crippen LogP contribution is -2.49. The molecule has 2 atom stereocenters. The molecule has 1 N–H and O–H groups in total. The molecule has 5 heteroatoms. The fourth-order valence-electron chi connectivity index (χ4n) is 3.66. The number of hydrogen-bond acceptors (Lipinski definition) is 4. The zero-order chi connectivity index (χ0) is 19.9. The Balaban J connectivity index is 1.47. The minimum Gasteiger partial charge on any atom is -0.491 e. The van der Waals surface area contributed by atoms with Crippen LogP contribution in [0.4, 0.5) is 10.1 Å². The van der Waals surface area contributed by atoms with E-state index in [1.54, 1.807) is 6.07 Å². The highest BCUT2D eigenvalue weighted by molar-refractivity contribution is 5.48. The number of para-hydroxylation sites is 2. The maximum absolute atomic E-state index is 13.9. The van der Waals surface area contributed by atoms with Crippen LogP contribution in [0, 0.1) is 5.82 Å². The molecule has 4 nitrogen and oxygen atoms in total. The van der Waals surface area contributed by atoms with Crippen LogP contribution in [0.1, 0.15) is 31.7 Å². The summed E-state index contributed by atoms with van der Waals surface area (Å²) in [7, 11) is 0. The van der Waals surface area contributed by atoms with E-state index in [4.69, 9.17) is 4.74 Å². The van der Waals surface area contributed by atoms with Gasteiger partial charge in [0.15, 0.2) is 0 Å². The fraction of sp³-hybridized carbons (Fsp3) is 0.478. The fourth-order valence-corrected chi connectivity index (χ4v) is 3.66. The van der Waals surface area contributed by atoms with Crippen LogP contribution in [-0.2, 0) is 0 Å². The van der Waals surface area contributed by atoms with Crippen LogP contribution in [0.2, 0.25) is 0 Å². The number of β-amino-alcohol motifs (C(OH)–C–C–N with tert-alkyl or cyclic N) is 1. The summed E-state index contributed by atoms with van der Waals surface area (Å²) in [5.74, 6) is 1.12. The molecule has 1 aliphatic rings. The first-order valence-electron chi connectivity index (χ1n) is 10.2. The van der Waals surface area contributed by atoms with Crippen molar-refractivity contribution in [1.29, 1.82) is 0 Å². The Bertz CT molecular complexity index is 747. The van der Waals surface area contributed by atoms with Crippen LogP contribution >= 0.6 is 0 Å². The normalized spacial score (nSPS) is 17.4. The molecule has 152 valence electrons. The molecule has 3 rings (SSSR count). The molecule has 1 heterocycles. The second kappa shape index (κ2) is 9.89. The van der Waals surface area contributed by atoms with Gasteiger partial charge in [-0.15, -0.1) is 0 Å². The SMILES string of the molecule is CC[C@H](C)c1ccccc1OC[C@@H](O)CN1CCN(c2ccccc2F)CC1. The minimum absolute atomic E-state index is 0.177. The van der Waals surface area contributed by atoms with Gasteiger partial charge in [-0.2, -0.15) is 0 Å². The summed E-state index contributed by atoms with van der Waals surface area (Å²) in [5, 5.41) is 10.4. The number of aliphatic hydroxyl groups excluding tert-OH is 1. The van der Waals surface area contributed by atoms with Gasteiger partial charge in [-0.25, -0.2) is 4.39 Å². The first-order valence-corrected chi connectivity index (χ1v) is 10.2. The van der Waals surface area contributed by atoms with E-state index in [9.17, 15) is 9.50 Å². The van der Waals surface area contributed by atoms with Crippen LogP contribution in [0.5, 0.6) is 5.75 Å².